The van der Waals surface area contributed by atoms with Crippen LogP contribution in [0.4, 0.5) is 13.2 Å². The van der Waals surface area contributed by atoms with Gasteiger partial charge in [0, 0.05) is 13.1 Å². The van der Waals surface area contributed by atoms with Gasteiger partial charge in [-0.2, -0.15) is 13.2 Å². The average molecular weight is 556 g/mol. The molecule has 0 aliphatic carbocycles. The molecule has 0 saturated carbocycles. The minimum absolute atomic E-state index is 0. The molecule has 166 valence electrons. The second-order valence-electron chi connectivity index (χ2n) is 6.26. The van der Waals surface area contributed by atoms with Crippen molar-refractivity contribution in [3.05, 3.63) is 65.2 Å². The monoisotopic (exact) mass is 556 g/mol. The van der Waals surface area contributed by atoms with Gasteiger partial charge in [-0.1, -0.05) is 24.3 Å². The molecule has 0 heterocycles. The number of hydrogen-bond acceptors (Lipinski definition) is 3. The molecule has 6 nitrogen and oxygen atoms in total. The highest BCUT2D eigenvalue weighted by Gasteiger charge is 2.29. The first-order valence-electron chi connectivity index (χ1n) is 8.89. The summed E-state index contributed by atoms with van der Waals surface area (Å²) in [5.41, 5.74) is 0.768. The summed E-state index contributed by atoms with van der Waals surface area (Å²) in [4.78, 5) is 4.41. The molecule has 0 aliphatic rings. The van der Waals surface area contributed by atoms with Crippen LogP contribution in [-0.2, 0) is 29.2 Å². The highest BCUT2D eigenvalue weighted by Crippen LogP contribution is 2.29. The predicted octanol–water partition coefficient (Wildman–Crippen LogP) is 3.27. The first kappa shape index (κ1) is 26.2. The van der Waals surface area contributed by atoms with E-state index in [4.69, 9.17) is 5.14 Å². The summed E-state index contributed by atoms with van der Waals surface area (Å²) in [6.45, 7) is 3.21. The number of nitrogens with one attached hydrogen (secondary N) is 2. The minimum Gasteiger partial charge on any atom is -0.357 e. The molecule has 0 aliphatic heterocycles. The summed E-state index contributed by atoms with van der Waals surface area (Å²) in [6, 6.07) is 11.2. The van der Waals surface area contributed by atoms with Crippen molar-refractivity contribution in [2.45, 2.75) is 31.0 Å². The Kier molecular flexibility index (Phi) is 10.0. The van der Waals surface area contributed by atoms with Crippen molar-refractivity contribution in [1.82, 2.24) is 10.6 Å². The SMILES string of the molecule is CCNC(=NCc1cccc(S(N)(=O)=O)c1)NCCc1ccc(C(F)(F)F)cc1.I. The first-order chi connectivity index (χ1) is 13.6. The molecule has 2 aromatic carbocycles. The largest absolute Gasteiger partial charge is 0.416 e. The van der Waals surface area contributed by atoms with Crippen LogP contribution in [0.3, 0.4) is 0 Å². The van der Waals surface area contributed by atoms with Gasteiger partial charge in [-0.25, -0.2) is 18.5 Å². The van der Waals surface area contributed by atoms with Crippen molar-refractivity contribution in [2.75, 3.05) is 13.1 Å². The van der Waals surface area contributed by atoms with E-state index in [9.17, 15) is 21.6 Å². The van der Waals surface area contributed by atoms with Crippen LogP contribution in [0.2, 0.25) is 0 Å². The summed E-state index contributed by atoms with van der Waals surface area (Å²) >= 11 is 0. The molecule has 30 heavy (non-hydrogen) atoms. The second kappa shape index (κ2) is 11.5. The summed E-state index contributed by atoms with van der Waals surface area (Å²) in [5, 5.41) is 11.3. The summed E-state index contributed by atoms with van der Waals surface area (Å²) in [5.74, 6) is 0.514. The summed E-state index contributed by atoms with van der Waals surface area (Å²) in [7, 11) is -3.78. The number of halogens is 4. The van der Waals surface area contributed by atoms with Gasteiger partial charge in [0.05, 0.1) is 17.0 Å². The van der Waals surface area contributed by atoms with E-state index < -0.39 is 21.8 Å². The Morgan fingerprint density at radius 3 is 2.30 bits per heavy atom. The van der Waals surface area contributed by atoms with E-state index in [1.807, 2.05) is 6.92 Å². The Morgan fingerprint density at radius 1 is 1.07 bits per heavy atom. The van der Waals surface area contributed by atoms with E-state index in [0.717, 1.165) is 17.7 Å². The van der Waals surface area contributed by atoms with E-state index in [0.29, 0.717) is 31.0 Å². The molecule has 0 atom stereocenters. The smallest absolute Gasteiger partial charge is 0.357 e. The molecule has 0 spiro atoms. The molecular formula is C19H24F3IN4O2S. The van der Waals surface area contributed by atoms with Crippen molar-refractivity contribution in [1.29, 1.82) is 0 Å². The summed E-state index contributed by atoms with van der Waals surface area (Å²) < 4.78 is 60.7. The van der Waals surface area contributed by atoms with Gasteiger partial charge in [0.1, 0.15) is 0 Å². The number of nitrogens with zero attached hydrogens (tertiary/aromatic N) is 1. The molecule has 0 amide bonds. The van der Waals surface area contributed by atoms with Crippen LogP contribution < -0.4 is 15.8 Å². The average Bonchev–Trinajstić information content (AvgIpc) is 2.65. The molecule has 4 N–H and O–H groups in total. The van der Waals surface area contributed by atoms with Crippen LogP contribution in [0, 0.1) is 0 Å². The van der Waals surface area contributed by atoms with Crippen LogP contribution in [0.5, 0.6) is 0 Å². The lowest BCUT2D eigenvalue weighted by atomic mass is 10.1. The maximum atomic E-state index is 12.6. The topological polar surface area (TPSA) is 96.6 Å². The van der Waals surface area contributed by atoms with E-state index >= 15 is 0 Å². The molecule has 0 unspecified atom stereocenters. The zero-order valence-electron chi connectivity index (χ0n) is 16.2. The van der Waals surface area contributed by atoms with Gasteiger partial charge in [0.2, 0.25) is 10.0 Å². The third-order valence-electron chi connectivity index (χ3n) is 3.98. The Labute approximate surface area is 191 Å². The third-order valence-corrected chi connectivity index (χ3v) is 4.89. The first-order valence-corrected chi connectivity index (χ1v) is 10.4. The Bertz CT molecular complexity index is 949. The van der Waals surface area contributed by atoms with Crippen molar-refractivity contribution < 1.29 is 21.6 Å². The number of aliphatic imine (C=N–C) groups is 1. The molecule has 2 rings (SSSR count). The molecule has 0 aromatic heterocycles. The van der Waals surface area contributed by atoms with Crippen molar-refractivity contribution >= 4 is 40.0 Å². The van der Waals surface area contributed by atoms with Gasteiger partial charge in [-0.15, -0.1) is 24.0 Å². The lowest BCUT2D eigenvalue weighted by Crippen LogP contribution is -2.38. The molecular weight excluding hydrogens is 532 g/mol. The van der Waals surface area contributed by atoms with Crippen LogP contribution in [0.15, 0.2) is 58.4 Å². The van der Waals surface area contributed by atoms with Gasteiger partial charge in [-0.3, -0.25) is 0 Å². The van der Waals surface area contributed by atoms with Gasteiger partial charge < -0.3 is 10.6 Å². The standard InChI is InChI=1S/C19H23F3N4O2S.HI/c1-2-24-18(26-13-15-4-3-5-17(12-15)29(23,27)28)25-11-10-14-6-8-16(9-7-14)19(20,21)22;/h3-9,12H,2,10-11,13H2,1H3,(H2,23,27,28)(H2,24,25,26);1H. The Hall–Kier alpha value is -1.86. The zero-order valence-corrected chi connectivity index (χ0v) is 19.4. The third kappa shape index (κ3) is 8.48. The predicted molar refractivity (Wildman–Crippen MR) is 121 cm³/mol. The normalized spacial score (nSPS) is 12.2. The molecule has 11 heteroatoms. The quantitative estimate of drug-likeness (QED) is 0.277. The number of guanidine groups is 1. The molecule has 0 radical (unpaired) electrons. The fourth-order valence-electron chi connectivity index (χ4n) is 2.52. The van der Waals surface area contributed by atoms with Crippen molar-refractivity contribution in [3.8, 4) is 0 Å². The highest BCUT2D eigenvalue weighted by molar-refractivity contribution is 14.0. The van der Waals surface area contributed by atoms with Gasteiger partial charge >= 0.3 is 6.18 Å². The van der Waals surface area contributed by atoms with Gasteiger partial charge in [-0.05, 0) is 48.7 Å². The fraction of sp³-hybridized carbons (Fsp3) is 0.316. The maximum Gasteiger partial charge on any atom is 0.416 e. The van der Waals surface area contributed by atoms with E-state index in [1.165, 1.54) is 24.3 Å². The lowest BCUT2D eigenvalue weighted by Gasteiger charge is -2.12. The number of hydrogen-bond donors (Lipinski definition) is 3. The number of sulfonamides is 1. The Morgan fingerprint density at radius 2 is 1.73 bits per heavy atom. The number of rotatable bonds is 7. The fourth-order valence-corrected chi connectivity index (χ4v) is 3.10. The second-order valence-corrected chi connectivity index (χ2v) is 7.82. The highest BCUT2D eigenvalue weighted by atomic mass is 127. The van der Waals surface area contributed by atoms with E-state index in [2.05, 4.69) is 15.6 Å². The number of nitrogens with two attached hydrogens (primary N) is 1. The van der Waals surface area contributed by atoms with E-state index in [1.54, 1.807) is 12.1 Å². The van der Waals surface area contributed by atoms with Crippen molar-refractivity contribution in [2.24, 2.45) is 10.1 Å². The minimum atomic E-state index is -4.35. The lowest BCUT2D eigenvalue weighted by molar-refractivity contribution is -0.137. The van der Waals surface area contributed by atoms with Crippen molar-refractivity contribution in [3.63, 3.8) is 0 Å². The van der Waals surface area contributed by atoms with E-state index in [-0.39, 0.29) is 35.4 Å². The molecule has 0 saturated heterocycles. The van der Waals surface area contributed by atoms with Crippen LogP contribution in [0.1, 0.15) is 23.6 Å². The van der Waals surface area contributed by atoms with Crippen LogP contribution >= 0.6 is 24.0 Å². The van der Waals surface area contributed by atoms with Gasteiger partial charge in [0.25, 0.3) is 0 Å². The zero-order chi connectivity index (χ0) is 21.5. The van der Waals surface area contributed by atoms with Crippen LogP contribution in [-0.4, -0.2) is 27.5 Å². The van der Waals surface area contributed by atoms with Crippen LogP contribution in [0.25, 0.3) is 0 Å². The molecule has 2 aromatic rings. The maximum absolute atomic E-state index is 12.6. The number of benzene rings is 2. The number of primary sulfonamides is 1. The Balaban J connectivity index is 0.00000450. The van der Waals surface area contributed by atoms with Gasteiger partial charge in [0.15, 0.2) is 5.96 Å². The molecule has 0 fully saturated rings. The molecule has 0 bridgehead atoms. The number of alkyl halides is 3. The summed E-state index contributed by atoms with van der Waals surface area (Å²) in [6.07, 6.45) is -3.83.